The third-order valence-corrected chi connectivity index (χ3v) is 14.3. The van der Waals surface area contributed by atoms with Crippen molar-refractivity contribution in [2.75, 3.05) is 13.2 Å². The van der Waals surface area contributed by atoms with Crippen molar-refractivity contribution in [3.63, 3.8) is 0 Å². The molecule has 1 unspecified atom stereocenters. The molecule has 0 aromatic carbocycles. The maximum atomic E-state index is 12.3. The summed E-state index contributed by atoms with van der Waals surface area (Å²) >= 11 is 0. The second-order valence-corrected chi connectivity index (χ2v) is 21.8. The molecule has 0 aliphatic rings. The van der Waals surface area contributed by atoms with Crippen LogP contribution in [0.2, 0.25) is 0 Å². The predicted octanol–water partition coefficient (Wildman–Crippen LogP) is 23.0. The van der Waals surface area contributed by atoms with Crippen LogP contribution in [0.1, 0.15) is 309 Å². The van der Waals surface area contributed by atoms with E-state index in [1.807, 2.05) is 0 Å². The molecule has 5 heteroatoms. The van der Waals surface area contributed by atoms with Crippen LogP contribution in [0.4, 0.5) is 0 Å². The molecule has 446 valence electrons. The molecule has 0 radical (unpaired) electrons. The van der Waals surface area contributed by atoms with Crippen LogP contribution in [-0.4, -0.2) is 36.4 Å². The summed E-state index contributed by atoms with van der Waals surface area (Å²) < 4.78 is 10.7. The standard InChI is InChI=1S/C73H124O5/c1-3-5-7-9-11-13-15-17-19-21-23-25-27-28-29-30-31-32-33-34-35-36-37-38-39-40-41-42-43-44-46-48-50-52-54-56-58-60-62-64-66-68-73(76)78-71(69-74)70-77-72(75)67-65-63-61-59-57-55-53-51-49-47-45-26-24-22-20-18-16-14-12-10-8-6-4-2/h5-8,11-14,17-20,23-26,28-29,47,49,71,74H,3-4,9-10,15-16,21-22,27,30-46,48,50-70H2,1-2H3/b7-5-,8-6-,13-11-,14-12-,19-17-,20-18-,25-23-,26-24-,29-28-,49-47-. The number of carbonyl (C=O) groups is 2. The molecule has 1 N–H and O–H groups in total. The Kier molecular flexibility index (Phi) is 64.4. The lowest BCUT2D eigenvalue weighted by atomic mass is 10.0. The number of aliphatic hydroxyl groups excluding tert-OH is 1. The zero-order valence-electron chi connectivity index (χ0n) is 51.1. The highest BCUT2D eigenvalue weighted by molar-refractivity contribution is 5.70. The van der Waals surface area contributed by atoms with Crippen LogP contribution in [0, 0.1) is 0 Å². The SMILES string of the molecule is CC/C=C\C/C=C\C/C=C\C/C=C\C/C=C\CCCCCCCCCCCCCCCCCCCCCCCCCCCC(=O)OC(CO)COC(=O)CCCCCCCCC/C=C\C/C=C\C/C=C\C/C=C\C/C=C\CC. The molecule has 78 heavy (non-hydrogen) atoms. The molecule has 0 amide bonds. The highest BCUT2D eigenvalue weighted by Crippen LogP contribution is 2.17. The molecule has 0 saturated heterocycles. The number of aliphatic hydroxyl groups is 1. The summed E-state index contributed by atoms with van der Waals surface area (Å²) in [4.78, 5) is 24.6. The molecule has 0 aromatic heterocycles. The van der Waals surface area contributed by atoms with Crippen molar-refractivity contribution in [2.24, 2.45) is 0 Å². The van der Waals surface area contributed by atoms with Crippen molar-refractivity contribution < 1.29 is 24.2 Å². The van der Waals surface area contributed by atoms with Gasteiger partial charge in [0.15, 0.2) is 6.10 Å². The van der Waals surface area contributed by atoms with Gasteiger partial charge in [0.25, 0.3) is 0 Å². The summed E-state index contributed by atoms with van der Waals surface area (Å²) in [5.41, 5.74) is 0. The van der Waals surface area contributed by atoms with E-state index in [9.17, 15) is 14.7 Å². The van der Waals surface area contributed by atoms with Crippen molar-refractivity contribution in [3.8, 4) is 0 Å². The number of unbranched alkanes of at least 4 members (excludes halogenated alkanes) is 32. The Morgan fingerprint density at radius 1 is 0.295 bits per heavy atom. The Bertz CT molecular complexity index is 1550. The van der Waals surface area contributed by atoms with Gasteiger partial charge in [-0.1, -0.05) is 315 Å². The van der Waals surface area contributed by atoms with Crippen molar-refractivity contribution in [1.29, 1.82) is 0 Å². The van der Waals surface area contributed by atoms with E-state index in [1.54, 1.807) is 0 Å². The van der Waals surface area contributed by atoms with Crippen molar-refractivity contribution >= 4 is 11.9 Å². The zero-order valence-corrected chi connectivity index (χ0v) is 51.1. The van der Waals surface area contributed by atoms with E-state index in [4.69, 9.17) is 9.47 Å². The molecule has 0 fully saturated rings. The van der Waals surface area contributed by atoms with Gasteiger partial charge in [-0.15, -0.1) is 0 Å². The summed E-state index contributed by atoms with van der Waals surface area (Å²) in [6.07, 6.45) is 99.3. The number of rotatable bonds is 60. The first-order valence-corrected chi connectivity index (χ1v) is 33.1. The molecule has 1 atom stereocenters. The summed E-state index contributed by atoms with van der Waals surface area (Å²) in [5, 5.41) is 9.68. The first-order valence-electron chi connectivity index (χ1n) is 33.1. The highest BCUT2D eigenvalue weighted by Gasteiger charge is 2.16. The van der Waals surface area contributed by atoms with Crippen molar-refractivity contribution in [2.45, 2.75) is 315 Å². The lowest BCUT2D eigenvalue weighted by Crippen LogP contribution is -2.28. The van der Waals surface area contributed by atoms with Crippen molar-refractivity contribution in [3.05, 3.63) is 122 Å². The van der Waals surface area contributed by atoms with Crippen LogP contribution in [-0.2, 0) is 19.1 Å². The van der Waals surface area contributed by atoms with E-state index in [0.29, 0.717) is 12.8 Å². The van der Waals surface area contributed by atoms with E-state index < -0.39 is 6.10 Å². The maximum Gasteiger partial charge on any atom is 0.306 e. The van der Waals surface area contributed by atoms with Crippen LogP contribution < -0.4 is 0 Å². The maximum absolute atomic E-state index is 12.3. The minimum Gasteiger partial charge on any atom is -0.462 e. The van der Waals surface area contributed by atoms with Gasteiger partial charge in [-0.05, 0) is 103 Å². The fourth-order valence-corrected chi connectivity index (χ4v) is 9.38. The average molecular weight is 1080 g/mol. The predicted molar refractivity (Wildman–Crippen MR) is 343 cm³/mol. The Hall–Kier alpha value is -3.70. The van der Waals surface area contributed by atoms with Gasteiger partial charge in [0, 0.05) is 12.8 Å². The number of hydrogen-bond donors (Lipinski definition) is 1. The summed E-state index contributed by atoms with van der Waals surface area (Å²) in [6.45, 7) is 3.92. The van der Waals surface area contributed by atoms with E-state index in [1.165, 1.54) is 173 Å². The monoisotopic (exact) mass is 1080 g/mol. The van der Waals surface area contributed by atoms with Gasteiger partial charge in [-0.25, -0.2) is 0 Å². The molecule has 0 bridgehead atoms. The van der Waals surface area contributed by atoms with Gasteiger partial charge in [-0.2, -0.15) is 0 Å². The normalized spacial score (nSPS) is 13.0. The third-order valence-electron chi connectivity index (χ3n) is 14.3. The average Bonchev–Trinajstić information content (AvgIpc) is 3.44. The molecule has 5 nitrogen and oxygen atoms in total. The molecule has 0 aliphatic carbocycles. The number of allylic oxidation sites excluding steroid dienone is 20. The van der Waals surface area contributed by atoms with E-state index in [-0.39, 0.29) is 25.2 Å². The van der Waals surface area contributed by atoms with Crippen LogP contribution >= 0.6 is 0 Å². The minimum atomic E-state index is -0.783. The first-order chi connectivity index (χ1) is 38.6. The molecule has 0 spiro atoms. The summed E-state index contributed by atoms with van der Waals surface area (Å²) in [6, 6.07) is 0. The topological polar surface area (TPSA) is 72.8 Å². The molecule has 0 aliphatic heterocycles. The van der Waals surface area contributed by atoms with Crippen molar-refractivity contribution in [1.82, 2.24) is 0 Å². The molecule has 0 aromatic rings. The Morgan fingerprint density at radius 3 is 0.769 bits per heavy atom. The van der Waals surface area contributed by atoms with Crippen LogP contribution in [0.25, 0.3) is 0 Å². The molecule has 0 heterocycles. The second kappa shape index (κ2) is 67.6. The summed E-state index contributed by atoms with van der Waals surface area (Å²) in [5.74, 6) is -0.597. The zero-order chi connectivity index (χ0) is 56.2. The number of carbonyl (C=O) groups excluding carboxylic acids is 2. The van der Waals surface area contributed by atoms with Gasteiger partial charge in [0.2, 0.25) is 0 Å². The number of ether oxygens (including phenoxy) is 2. The quantitative estimate of drug-likeness (QED) is 0.0373. The van der Waals surface area contributed by atoms with Crippen LogP contribution in [0.5, 0.6) is 0 Å². The fourth-order valence-electron chi connectivity index (χ4n) is 9.38. The van der Waals surface area contributed by atoms with Gasteiger partial charge >= 0.3 is 11.9 Å². The van der Waals surface area contributed by atoms with Gasteiger partial charge < -0.3 is 14.6 Å². The Labute approximate surface area is 483 Å². The summed E-state index contributed by atoms with van der Waals surface area (Å²) in [7, 11) is 0. The fraction of sp³-hybridized carbons (Fsp3) is 0.699. The Balaban J connectivity index is 3.44. The number of hydrogen-bond acceptors (Lipinski definition) is 5. The smallest absolute Gasteiger partial charge is 0.306 e. The largest absolute Gasteiger partial charge is 0.462 e. The molecular formula is C73H124O5. The molecule has 0 saturated carbocycles. The lowest BCUT2D eigenvalue weighted by molar-refractivity contribution is -0.161. The second-order valence-electron chi connectivity index (χ2n) is 21.8. The van der Waals surface area contributed by atoms with E-state index in [2.05, 4.69) is 135 Å². The first kappa shape index (κ1) is 74.3. The third kappa shape index (κ3) is 64.8. The van der Waals surface area contributed by atoms with E-state index >= 15 is 0 Å². The van der Waals surface area contributed by atoms with Crippen LogP contribution in [0.15, 0.2) is 122 Å². The van der Waals surface area contributed by atoms with Gasteiger partial charge in [-0.3, -0.25) is 9.59 Å². The Morgan fingerprint density at radius 2 is 0.513 bits per heavy atom. The molecule has 0 rings (SSSR count). The molecular weight excluding hydrogens is 957 g/mol. The number of esters is 2. The van der Waals surface area contributed by atoms with Crippen LogP contribution in [0.3, 0.4) is 0 Å². The van der Waals surface area contributed by atoms with E-state index in [0.717, 1.165) is 109 Å². The van der Waals surface area contributed by atoms with Gasteiger partial charge in [0.1, 0.15) is 6.61 Å². The highest BCUT2D eigenvalue weighted by atomic mass is 16.6. The minimum absolute atomic E-state index is 0.0742. The lowest BCUT2D eigenvalue weighted by Gasteiger charge is -2.15. The van der Waals surface area contributed by atoms with Gasteiger partial charge in [0.05, 0.1) is 6.61 Å².